The van der Waals surface area contributed by atoms with Crippen LogP contribution in [-0.4, -0.2) is 0 Å². The van der Waals surface area contributed by atoms with E-state index < -0.39 is 12.1 Å². The van der Waals surface area contributed by atoms with Gasteiger partial charge in [0.1, 0.15) is 0 Å². The number of para-hydroxylation sites is 2. The van der Waals surface area contributed by atoms with Crippen molar-refractivity contribution in [1.29, 1.82) is 0 Å². The van der Waals surface area contributed by atoms with Gasteiger partial charge in [-0.3, -0.25) is 0 Å². The molecule has 35 heavy (non-hydrogen) atoms. The number of nitrogens with zero attached hydrogens (tertiary/aromatic N) is 2. The number of hydrogen-bond donors (Lipinski definition) is 0. The van der Waals surface area contributed by atoms with E-state index in [9.17, 15) is 0 Å². The van der Waals surface area contributed by atoms with Crippen molar-refractivity contribution in [2.75, 3.05) is 0 Å². The van der Waals surface area contributed by atoms with Gasteiger partial charge in [-0.2, -0.15) is 21.2 Å². The minimum absolute atomic E-state index is 0. The molecule has 0 aromatic heterocycles. The molecule has 184 valence electrons. The van der Waals surface area contributed by atoms with Gasteiger partial charge in [-0.25, -0.2) is 0 Å². The first-order chi connectivity index (χ1) is 16.4. The first-order valence-electron chi connectivity index (χ1n) is 10.5. The van der Waals surface area contributed by atoms with Crippen LogP contribution in [0.5, 0.6) is 0 Å². The molecule has 0 aliphatic rings. The van der Waals surface area contributed by atoms with Crippen LogP contribution in [-0.2, 0) is 41.7 Å². The quantitative estimate of drug-likeness (QED) is 0.156. The monoisotopic (exact) mass is 598 g/mol. The molecule has 0 aliphatic carbocycles. The maximum Gasteiger partial charge on any atom is 0.0611 e. The minimum Gasteiger partial charge on any atom is -0.781 e. The Labute approximate surface area is 242 Å². The van der Waals surface area contributed by atoms with Crippen molar-refractivity contribution in [3.63, 3.8) is 0 Å². The standard InChI is InChI=1S/C27H21Cl3N2S2.Ni/c1-16-8-6-9-17(24(16)29)26(31-20-12-2-4-14-22(20)33)27(18-10-7-11-19(28)25(18)30)32-21-13-3-5-15-23(21)34;/h2-15,26-27,33-34H,1H3;/q-2;/p-2. The molecular weight excluding hydrogens is 581 g/mol. The second kappa shape index (κ2) is 12.5. The molecule has 2 atom stereocenters. The Hall–Kier alpha value is -1.72. The second-order valence-electron chi connectivity index (χ2n) is 7.70. The summed E-state index contributed by atoms with van der Waals surface area (Å²) < 4.78 is 0. The molecule has 0 bridgehead atoms. The van der Waals surface area contributed by atoms with Crippen molar-refractivity contribution in [1.82, 2.24) is 0 Å². The van der Waals surface area contributed by atoms with E-state index in [4.69, 9.17) is 70.7 Å². The summed E-state index contributed by atoms with van der Waals surface area (Å²) in [6.45, 7) is 1.96. The van der Waals surface area contributed by atoms with Gasteiger partial charge in [0, 0.05) is 21.5 Å². The van der Waals surface area contributed by atoms with E-state index in [1.165, 1.54) is 0 Å². The maximum atomic E-state index is 6.82. The molecule has 4 rings (SSSR count). The number of halogens is 3. The van der Waals surface area contributed by atoms with Crippen LogP contribution in [0.15, 0.2) is 94.7 Å². The predicted molar refractivity (Wildman–Crippen MR) is 148 cm³/mol. The normalized spacial score (nSPS) is 12.3. The van der Waals surface area contributed by atoms with Gasteiger partial charge >= 0.3 is 0 Å². The van der Waals surface area contributed by atoms with Crippen molar-refractivity contribution in [2.45, 2.75) is 28.8 Å². The van der Waals surface area contributed by atoms with Gasteiger partial charge in [0.15, 0.2) is 0 Å². The van der Waals surface area contributed by atoms with Crippen LogP contribution >= 0.6 is 34.8 Å². The van der Waals surface area contributed by atoms with Crippen LogP contribution in [0.1, 0.15) is 28.8 Å². The molecule has 0 fully saturated rings. The average molecular weight is 601 g/mol. The predicted octanol–water partition coefficient (Wildman–Crippen LogP) is 9.96. The van der Waals surface area contributed by atoms with Crippen LogP contribution in [0.2, 0.25) is 15.1 Å². The molecule has 8 heteroatoms. The molecule has 4 aromatic rings. The third kappa shape index (κ3) is 6.35. The molecule has 0 amide bonds. The van der Waals surface area contributed by atoms with E-state index in [0.29, 0.717) is 36.2 Å². The molecule has 0 heterocycles. The topological polar surface area (TPSA) is 28.2 Å². The van der Waals surface area contributed by atoms with Crippen LogP contribution in [0.4, 0.5) is 11.4 Å². The smallest absolute Gasteiger partial charge is 0.0611 e. The van der Waals surface area contributed by atoms with Crippen LogP contribution in [0.25, 0.3) is 10.6 Å². The van der Waals surface area contributed by atoms with Crippen LogP contribution < -0.4 is 0 Å². The van der Waals surface area contributed by atoms with E-state index >= 15 is 0 Å². The van der Waals surface area contributed by atoms with E-state index in [-0.39, 0.29) is 16.5 Å². The summed E-state index contributed by atoms with van der Waals surface area (Å²) in [6.07, 6.45) is 0. The van der Waals surface area contributed by atoms with Crippen LogP contribution in [0, 0.1) is 6.92 Å². The van der Waals surface area contributed by atoms with Gasteiger partial charge in [0.2, 0.25) is 0 Å². The van der Waals surface area contributed by atoms with Crippen molar-refractivity contribution < 1.29 is 16.5 Å². The zero-order chi connectivity index (χ0) is 24.2. The fourth-order valence-corrected chi connectivity index (χ4v) is 4.75. The molecule has 0 aliphatic heterocycles. The summed E-state index contributed by atoms with van der Waals surface area (Å²) in [4.78, 5) is 1.26. The van der Waals surface area contributed by atoms with Crippen molar-refractivity contribution >= 4 is 71.4 Å². The first kappa shape index (κ1) is 27.9. The summed E-state index contributed by atoms with van der Waals surface area (Å²) in [6, 6.07) is 25.3. The Balaban J connectivity index is 0.00000342. The van der Waals surface area contributed by atoms with Gasteiger partial charge in [-0.1, -0.05) is 114 Å². The van der Waals surface area contributed by atoms with Gasteiger partial charge in [0.05, 0.1) is 10.0 Å². The Morgan fingerprint density at radius 1 is 0.600 bits per heavy atom. The molecule has 0 spiro atoms. The molecule has 4 aromatic carbocycles. The van der Waals surface area contributed by atoms with Crippen molar-refractivity contribution in [3.8, 4) is 0 Å². The van der Waals surface area contributed by atoms with Crippen LogP contribution in [0.3, 0.4) is 0 Å². The van der Waals surface area contributed by atoms with Gasteiger partial charge < -0.3 is 35.9 Å². The van der Waals surface area contributed by atoms with Crippen molar-refractivity contribution in [3.05, 3.63) is 127 Å². The molecule has 2 nitrogen and oxygen atoms in total. The van der Waals surface area contributed by atoms with E-state index in [1.54, 1.807) is 6.07 Å². The summed E-state index contributed by atoms with van der Waals surface area (Å²) in [7, 11) is 0. The van der Waals surface area contributed by atoms with E-state index in [2.05, 4.69) is 0 Å². The average Bonchev–Trinajstić information content (AvgIpc) is 2.82. The third-order valence-electron chi connectivity index (χ3n) is 5.43. The van der Waals surface area contributed by atoms with Gasteiger partial charge in [-0.05, 0) is 29.7 Å². The zero-order valence-electron chi connectivity index (χ0n) is 18.4. The summed E-state index contributed by atoms with van der Waals surface area (Å²) >= 11 is 31.1. The fraction of sp³-hybridized carbons (Fsp3) is 0.111. The molecule has 0 saturated heterocycles. The largest absolute Gasteiger partial charge is 0.781 e. The molecule has 0 radical (unpaired) electrons. The van der Waals surface area contributed by atoms with E-state index in [0.717, 1.165) is 16.7 Å². The fourth-order valence-electron chi connectivity index (χ4n) is 3.70. The Kier molecular flexibility index (Phi) is 9.95. The first-order valence-corrected chi connectivity index (χ1v) is 12.4. The second-order valence-corrected chi connectivity index (χ2v) is 9.75. The van der Waals surface area contributed by atoms with Gasteiger partial charge in [0.25, 0.3) is 0 Å². The summed E-state index contributed by atoms with van der Waals surface area (Å²) in [5.41, 5.74) is 3.80. The molecular formula is C27H19Cl3N2NiS2-4. The Bertz CT molecular complexity index is 1220. The Morgan fingerprint density at radius 3 is 1.57 bits per heavy atom. The molecule has 0 N–H and O–H groups in total. The third-order valence-corrected chi connectivity index (χ3v) is 7.47. The van der Waals surface area contributed by atoms with Gasteiger partial charge in [-0.15, -0.1) is 12.1 Å². The minimum atomic E-state index is -0.566. The summed E-state index contributed by atoms with van der Waals surface area (Å²) in [5.74, 6) is 0. The Morgan fingerprint density at radius 2 is 1.06 bits per heavy atom. The van der Waals surface area contributed by atoms with Crippen molar-refractivity contribution in [2.24, 2.45) is 0 Å². The SMILES string of the molecule is Cc1cccc(C([N-]c2ccccc2[S-])C([N-]c2ccccc2[S-])c2cccc(Cl)c2Cl)c1Cl.[Ni]. The van der Waals surface area contributed by atoms with E-state index in [1.807, 2.05) is 85.8 Å². The number of rotatable bonds is 7. The maximum absolute atomic E-state index is 6.82. The number of hydrogen-bond acceptors (Lipinski definition) is 2. The molecule has 2 unspecified atom stereocenters. The summed E-state index contributed by atoms with van der Waals surface area (Å²) in [5, 5.41) is 11.6. The number of benzene rings is 4. The molecule has 0 saturated carbocycles. The number of aryl methyl sites for hydroxylation is 1. The zero-order valence-corrected chi connectivity index (χ0v) is 23.3.